The molecule has 11 nitrogen and oxygen atoms in total. The maximum absolute atomic E-state index is 14.4. The van der Waals surface area contributed by atoms with Gasteiger partial charge < -0.3 is 25.8 Å². The lowest BCUT2D eigenvalue weighted by molar-refractivity contribution is -0.125. The van der Waals surface area contributed by atoms with Crippen LogP contribution in [0.2, 0.25) is 0 Å². The third-order valence-electron chi connectivity index (χ3n) is 4.46. The number of hydrogen-bond acceptors (Lipinski definition) is 10. The first-order valence-electron chi connectivity index (χ1n) is 10.9. The van der Waals surface area contributed by atoms with Crippen LogP contribution in [0.5, 0.6) is 5.75 Å². The van der Waals surface area contributed by atoms with Gasteiger partial charge >= 0.3 is 0 Å². The number of nitrogens with zero attached hydrogens (tertiary/aromatic N) is 2. The second-order valence-electron chi connectivity index (χ2n) is 7.59. The highest BCUT2D eigenvalue weighted by atomic mass is 32.2. The average Bonchev–Trinajstić information content (AvgIpc) is 2.84. The van der Waals surface area contributed by atoms with E-state index >= 15 is 0 Å². The van der Waals surface area contributed by atoms with Crippen molar-refractivity contribution < 1.29 is 31.6 Å². The number of carbonyl (C=O) groups excluding carboxylic acids is 1. The number of aromatic nitrogens is 2. The SMILES string of the molecule is CCCOc1ccc(Nc2ncc(F)c(Nc3cccc(NC(=O)C(O)COS(C)(=O)=O)c3)n2)cc1. The number of ether oxygens (including phenoxy) is 1. The van der Waals surface area contributed by atoms with Gasteiger partial charge in [-0.1, -0.05) is 13.0 Å². The Morgan fingerprint density at radius 3 is 2.53 bits per heavy atom. The Labute approximate surface area is 207 Å². The zero-order valence-corrected chi connectivity index (χ0v) is 20.4. The van der Waals surface area contributed by atoms with E-state index in [0.717, 1.165) is 24.6 Å². The lowest BCUT2D eigenvalue weighted by Crippen LogP contribution is -2.32. The van der Waals surface area contributed by atoms with Crippen molar-refractivity contribution in [1.29, 1.82) is 0 Å². The van der Waals surface area contributed by atoms with Gasteiger partial charge in [0.15, 0.2) is 17.7 Å². The second-order valence-corrected chi connectivity index (χ2v) is 9.23. The lowest BCUT2D eigenvalue weighted by atomic mass is 10.2. The van der Waals surface area contributed by atoms with Gasteiger partial charge in [-0.15, -0.1) is 0 Å². The van der Waals surface area contributed by atoms with Crippen LogP contribution >= 0.6 is 0 Å². The van der Waals surface area contributed by atoms with Gasteiger partial charge in [-0.05, 0) is 48.9 Å². The number of halogens is 1. The average molecular weight is 520 g/mol. The number of aliphatic hydroxyl groups is 1. The largest absolute Gasteiger partial charge is 0.494 e. The summed E-state index contributed by atoms with van der Waals surface area (Å²) in [6, 6.07) is 13.4. The third-order valence-corrected chi connectivity index (χ3v) is 5.03. The van der Waals surface area contributed by atoms with Gasteiger partial charge in [0.25, 0.3) is 16.0 Å². The van der Waals surface area contributed by atoms with Crippen molar-refractivity contribution in [1.82, 2.24) is 9.97 Å². The normalized spacial score (nSPS) is 12.0. The monoisotopic (exact) mass is 519 g/mol. The van der Waals surface area contributed by atoms with E-state index in [1.165, 1.54) is 12.1 Å². The molecule has 2 aromatic carbocycles. The van der Waals surface area contributed by atoms with Crippen molar-refractivity contribution in [2.75, 3.05) is 35.4 Å². The number of carbonyl (C=O) groups is 1. The Kier molecular flexibility index (Phi) is 9.11. The Balaban J connectivity index is 1.65. The fourth-order valence-electron chi connectivity index (χ4n) is 2.80. The minimum absolute atomic E-state index is 0.111. The zero-order chi connectivity index (χ0) is 26.1. The second kappa shape index (κ2) is 12.2. The lowest BCUT2D eigenvalue weighted by Gasteiger charge is -2.13. The van der Waals surface area contributed by atoms with Crippen molar-refractivity contribution in [2.24, 2.45) is 0 Å². The number of benzene rings is 2. The maximum atomic E-state index is 14.4. The molecule has 4 N–H and O–H groups in total. The van der Waals surface area contributed by atoms with Gasteiger partial charge in [0, 0.05) is 17.1 Å². The first kappa shape index (κ1) is 26.8. The fraction of sp³-hybridized carbons (Fsp3) is 0.261. The van der Waals surface area contributed by atoms with E-state index in [0.29, 0.717) is 18.0 Å². The van der Waals surface area contributed by atoms with Crippen LogP contribution in [0.4, 0.5) is 33.2 Å². The highest BCUT2D eigenvalue weighted by molar-refractivity contribution is 7.85. The molecule has 1 atom stereocenters. The number of hydrogen-bond donors (Lipinski definition) is 4. The van der Waals surface area contributed by atoms with E-state index in [1.54, 1.807) is 36.4 Å². The summed E-state index contributed by atoms with van der Waals surface area (Å²) < 4.78 is 46.4. The van der Waals surface area contributed by atoms with Gasteiger partial charge in [-0.2, -0.15) is 13.4 Å². The highest BCUT2D eigenvalue weighted by Crippen LogP contribution is 2.23. The summed E-state index contributed by atoms with van der Waals surface area (Å²) in [7, 11) is -3.81. The maximum Gasteiger partial charge on any atom is 0.264 e. The minimum Gasteiger partial charge on any atom is -0.494 e. The standard InChI is InChI=1S/C23H26FN5O6S/c1-3-11-34-18-9-7-15(8-10-18)28-23-25-13-19(24)21(29-23)26-16-5-4-6-17(12-16)27-22(31)20(30)14-35-36(2,32)33/h4-10,12-13,20,30H,3,11,14H2,1-2H3,(H,27,31)(H2,25,26,28,29). The molecular weight excluding hydrogens is 493 g/mol. The number of amides is 1. The van der Waals surface area contributed by atoms with Crippen LogP contribution in [0.1, 0.15) is 13.3 Å². The smallest absolute Gasteiger partial charge is 0.264 e. The van der Waals surface area contributed by atoms with E-state index in [-0.39, 0.29) is 17.5 Å². The summed E-state index contributed by atoms with van der Waals surface area (Å²) in [6.07, 6.45) is 1.01. The number of nitrogens with one attached hydrogen (secondary N) is 3. The fourth-order valence-corrected chi connectivity index (χ4v) is 3.18. The topological polar surface area (TPSA) is 152 Å². The van der Waals surface area contributed by atoms with Crippen molar-refractivity contribution >= 4 is 44.9 Å². The molecule has 1 heterocycles. The predicted molar refractivity (Wildman–Crippen MR) is 133 cm³/mol. The Morgan fingerprint density at radius 1 is 1.11 bits per heavy atom. The third kappa shape index (κ3) is 8.45. The van der Waals surface area contributed by atoms with Crippen LogP contribution in [0, 0.1) is 5.82 Å². The van der Waals surface area contributed by atoms with Crippen molar-refractivity contribution in [2.45, 2.75) is 19.4 Å². The summed E-state index contributed by atoms with van der Waals surface area (Å²) >= 11 is 0. The van der Waals surface area contributed by atoms with Crippen molar-refractivity contribution in [3.63, 3.8) is 0 Å². The van der Waals surface area contributed by atoms with Gasteiger partial charge in [0.05, 0.1) is 19.1 Å². The van der Waals surface area contributed by atoms with E-state index in [9.17, 15) is 22.7 Å². The molecule has 0 aliphatic carbocycles. The minimum atomic E-state index is -3.81. The molecule has 0 bridgehead atoms. The van der Waals surface area contributed by atoms with E-state index < -0.39 is 34.6 Å². The summed E-state index contributed by atoms with van der Waals surface area (Å²) in [5, 5.41) is 18.0. The zero-order valence-electron chi connectivity index (χ0n) is 19.6. The molecule has 0 saturated heterocycles. The van der Waals surface area contributed by atoms with Crippen LogP contribution < -0.4 is 20.7 Å². The molecule has 0 spiro atoms. The molecule has 3 rings (SSSR count). The molecule has 192 valence electrons. The van der Waals surface area contributed by atoms with E-state index in [4.69, 9.17) is 4.74 Å². The Bertz CT molecular complexity index is 1290. The first-order valence-corrected chi connectivity index (χ1v) is 12.7. The molecule has 0 saturated carbocycles. The molecule has 1 aromatic heterocycles. The number of aliphatic hydroxyl groups excluding tert-OH is 1. The van der Waals surface area contributed by atoms with Gasteiger partial charge in [0.2, 0.25) is 5.95 Å². The Morgan fingerprint density at radius 2 is 1.83 bits per heavy atom. The highest BCUT2D eigenvalue weighted by Gasteiger charge is 2.18. The molecule has 1 amide bonds. The predicted octanol–water partition coefficient (Wildman–Crippen LogP) is 3.17. The van der Waals surface area contributed by atoms with E-state index in [2.05, 4.69) is 30.1 Å². The van der Waals surface area contributed by atoms with Crippen molar-refractivity contribution in [3.8, 4) is 5.75 Å². The van der Waals surface area contributed by atoms with Crippen LogP contribution in [0.15, 0.2) is 54.7 Å². The van der Waals surface area contributed by atoms with Gasteiger partial charge in [0.1, 0.15) is 12.4 Å². The van der Waals surface area contributed by atoms with Crippen LogP contribution in [-0.4, -0.2) is 55.0 Å². The summed E-state index contributed by atoms with van der Waals surface area (Å²) in [4.78, 5) is 20.2. The first-order chi connectivity index (χ1) is 17.1. The quantitative estimate of drug-likeness (QED) is 0.263. The molecular formula is C23H26FN5O6S. The molecule has 0 radical (unpaired) electrons. The number of rotatable bonds is 12. The Hall–Kier alpha value is -3.81. The molecule has 36 heavy (non-hydrogen) atoms. The molecule has 0 aliphatic rings. The van der Waals surface area contributed by atoms with Crippen LogP contribution in [0.25, 0.3) is 0 Å². The molecule has 13 heteroatoms. The molecule has 0 fully saturated rings. The van der Waals surface area contributed by atoms with Crippen LogP contribution in [-0.2, 0) is 19.1 Å². The van der Waals surface area contributed by atoms with E-state index in [1.807, 2.05) is 6.92 Å². The molecule has 1 unspecified atom stereocenters. The summed E-state index contributed by atoms with van der Waals surface area (Å²) in [6.45, 7) is 1.91. The summed E-state index contributed by atoms with van der Waals surface area (Å²) in [5.41, 5.74) is 1.33. The molecule has 3 aromatic rings. The number of anilines is 5. The summed E-state index contributed by atoms with van der Waals surface area (Å²) in [5.74, 6) is -0.805. The molecule has 0 aliphatic heterocycles. The van der Waals surface area contributed by atoms with Crippen molar-refractivity contribution in [3.05, 3.63) is 60.5 Å². The van der Waals surface area contributed by atoms with Gasteiger partial charge in [-0.3, -0.25) is 8.98 Å². The van der Waals surface area contributed by atoms with Crippen LogP contribution in [0.3, 0.4) is 0 Å². The van der Waals surface area contributed by atoms with Gasteiger partial charge in [-0.25, -0.2) is 9.37 Å².